The van der Waals surface area contributed by atoms with Crippen LogP contribution in [0.3, 0.4) is 0 Å². The van der Waals surface area contributed by atoms with E-state index in [0.717, 1.165) is 11.8 Å². The van der Waals surface area contributed by atoms with Crippen LogP contribution < -0.4 is 10.6 Å². The minimum absolute atomic E-state index is 0.0514. The van der Waals surface area contributed by atoms with Crippen LogP contribution in [0.1, 0.15) is 21.5 Å². The maximum Gasteiger partial charge on any atom is 0.414 e. The smallest absolute Gasteiger partial charge is 0.414 e. The summed E-state index contributed by atoms with van der Waals surface area (Å²) in [5.41, 5.74) is 8.46. The van der Waals surface area contributed by atoms with Gasteiger partial charge in [0.05, 0.1) is 12.8 Å². The maximum atomic E-state index is 12.2. The highest BCUT2D eigenvalue weighted by molar-refractivity contribution is 7.85. The van der Waals surface area contributed by atoms with E-state index in [2.05, 4.69) is 9.18 Å². The highest BCUT2D eigenvalue weighted by Crippen LogP contribution is 2.22. The Hall–Kier alpha value is -3.24. The van der Waals surface area contributed by atoms with E-state index in [1.165, 1.54) is 4.90 Å². The summed E-state index contributed by atoms with van der Waals surface area (Å²) >= 11 is 0. The third-order valence-electron chi connectivity index (χ3n) is 4.34. The second-order valence-electron chi connectivity index (χ2n) is 6.82. The van der Waals surface area contributed by atoms with E-state index in [9.17, 15) is 18.0 Å². The summed E-state index contributed by atoms with van der Waals surface area (Å²) in [5.74, 6) is -0.399. The van der Waals surface area contributed by atoms with E-state index < -0.39 is 28.2 Å². The number of nitrogens with zero attached hydrogens (tertiary/aromatic N) is 2. The van der Waals surface area contributed by atoms with Crippen LogP contribution in [0.15, 0.2) is 53.5 Å². The molecule has 30 heavy (non-hydrogen) atoms. The lowest BCUT2D eigenvalue weighted by atomic mass is 10.1. The van der Waals surface area contributed by atoms with Crippen molar-refractivity contribution in [3.8, 4) is 0 Å². The number of aliphatic imine (C=N–C) groups is 1. The standard InChI is InChI=1S/C20H21N3O6S/c1-13-3-5-15(6-4-13)19(24)22-18(21)14-7-9-16(10-8-14)23-11-17(29-20(23)25)12-28-30(2,26)27/h3-10,17H,11-12H2,1-2H3,(H2,21,22,24). The zero-order valence-corrected chi connectivity index (χ0v) is 17.3. The van der Waals surface area contributed by atoms with Crippen molar-refractivity contribution in [3.63, 3.8) is 0 Å². The number of ether oxygens (including phenoxy) is 1. The van der Waals surface area contributed by atoms with Gasteiger partial charge in [-0.2, -0.15) is 13.4 Å². The Morgan fingerprint density at radius 3 is 2.37 bits per heavy atom. The van der Waals surface area contributed by atoms with E-state index in [1.54, 1.807) is 36.4 Å². The number of amidine groups is 1. The molecule has 0 spiro atoms. The van der Waals surface area contributed by atoms with Crippen LogP contribution in [0.25, 0.3) is 0 Å². The van der Waals surface area contributed by atoms with Crippen LogP contribution in [-0.4, -0.2) is 51.8 Å². The third-order valence-corrected chi connectivity index (χ3v) is 4.90. The number of carbonyl (C=O) groups excluding carboxylic acids is 2. The molecule has 10 heteroatoms. The van der Waals surface area contributed by atoms with Crippen LogP contribution in [0.4, 0.5) is 10.5 Å². The molecule has 1 aliphatic heterocycles. The molecule has 9 nitrogen and oxygen atoms in total. The molecular weight excluding hydrogens is 410 g/mol. The molecule has 3 rings (SSSR count). The van der Waals surface area contributed by atoms with E-state index in [4.69, 9.17) is 10.5 Å². The Bertz CT molecular complexity index is 1080. The van der Waals surface area contributed by atoms with Gasteiger partial charge in [-0.15, -0.1) is 0 Å². The minimum Gasteiger partial charge on any atom is -0.441 e. The third kappa shape index (κ3) is 5.43. The zero-order chi connectivity index (χ0) is 21.9. The summed E-state index contributed by atoms with van der Waals surface area (Å²) in [7, 11) is -3.62. The number of cyclic esters (lactones) is 1. The van der Waals surface area contributed by atoms with Gasteiger partial charge in [0.2, 0.25) is 0 Å². The molecule has 2 N–H and O–H groups in total. The monoisotopic (exact) mass is 431 g/mol. The Morgan fingerprint density at radius 1 is 1.17 bits per heavy atom. The van der Waals surface area contributed by atoms with Gasteiger partial charge in [0.1, 0.15) is 18.5 Å². The summed E-state index contributed by atoms with van der Waals surface area (Å²) in [5, 5.41) is 0. The molecule has 0 aliphatic carbocycles. The van der Waals surface area contributed by atoms with E-state index in [0.29, 0.717) is 16.8 Å². The number of amides is 2. The highest BCUT2D eigenvalue weighted by atomic mass is 32.2. The summed E-state index contributed by atoms with van der Waals surface area (Å²) < 4.78 is 32.0. The predicted molar refractivity (Wildman–Crippen MR) is 111 cm³/mol. The Morgan fingerprint density at radius 2 is 1.77 bits per heavy atom. The van der Waals surface area contributed by atoms with E-state index in [-0.39, 0.29) is 19.0 Å². The number of rotatable bonds is 6. The lowest BCUT2D eigenvalue weighted by Gasteiger charge is -2.13. The van der Waals surface area contributed by atoms with Crippen LogP contribution in [0, 0.1) is 6.92 Å². The van der Waals surface area contributed by atoms with Crippen molar-refractivity contribution in [3.05, 3.63) is 65.2 Å². The van der Waals surface area contributed by atoms with Gasteiger partial charge in [-0.25, -0.2) is 4.79 Å². The zero-order valence-electron chi connectivity index (χ0n) is 16.4. The predicted octanol–water partition coefficient (Wildman–Crippen LogP) is 1.84. The number of nitrogens with two attached hydrogens (primary N) is 1. The number of aryl methyl sites for hydroxylation is 1. The first-order chi connectivity index (χ1) is 14.1. The second-order valence-corrected chi connectivity index (χ2v) is 8.46. The van der Waals surface area contributed by atoms with Crippen LogP contribution in [0.2, 0.25) is 0 Å². The average molecular weight is 431 g/mol. The summed E-state index contributed by atoms with van der Waals surface area (Å²) in [4.78, 5) is 29.6. The number of benzene rings is 2. The highest BCUT2D eigenvalue weighted by Gasteiger charge is 2.33. The molecule has 0 saturated carbocycles. The van der Waals surface area contributed by atoms with Gasteiger partial charge in [0, 0.05) is 16.8 Å². The van der Waals surface area contributed by atoms with Crippen molar-refractivity contribution >= 4 is 33.6 Å². The Labute approximate surface area is 174 Å². The molecule has 2 aromatic rings. The van der Waals surface area contributed by atoms with Crippen LogP contribution >= 0.6 is 0 Å². The topological polar surface area (TPSA) is 128 Å². The first kappa shape index (κ1) is 21.5. The molecule has 158 valence electrons. The van der Waals surface area contributed by atoms with Crippen molar-refractivity contribution in [2.45, 2.75) is 13.0 Å². The molecule has 0 aromatic heterocycles. The van der Waals surface area contributed by atoms with Gasteiger partial charge >= 0.3 is 6.09 Å². The molecule has 1 unspecified atom stereocenters. The fourth-order valence-corrected chi connectivity index (χ4v) is 3.16. The molecule has 2 aromatic carbocycles. The van der Waals surface area contributed by atoms with Crippen molar-refractivity contribution in [2.24, 2.45) is 10.7 Å². The lowest BCUT2D eigenvalue weighted by Crippen LogP contribution is -2.26. The van der Waals surface area contributed by atoms with Crippen molar-refractivity contribution in [2.75, 3.05) is 24.3 Å². The fourth-order valence-electron chi connectivity index (χ4n) is 2.77. The molecule has 1 saturated heterocycles. The average Bonchev–Trinajstić information content (AvgIpc) is 3.07. The normalized spacial score (nSPS) is 17.1. The fraction of sp³-hybridized carbons (Fsp3) is 0.250. The first-order valence-corrected chi connectivity index (χ1v) is 10.8. The summed E-state index contributed by atoms with van der Waals surface area (Å²) in [6, 6.07) is 13.5. The number of carbonyl (C=O) groups is 2. The number of hydrogen-bond donors (Lipinski definition) is 1. The minimum atomic E-state index is -3.62. The van der Waals surface area contributed by atoms with Gasteiger partial charge in [0.15, 0.2) is 0 Å². The molecule has 1 heterocycles. The molecule has 0 bridgehead atoms. The second kappa shape index (κ2) is 8.64. The lowest BCUT2D eigenvalue weighted by molar-refractivity contribution is 0.100. The quantitative estimate of drug-likeness (QED) is 0.420. The molecular formula is C20H21N3O6S. The maximum absolute atomic E-state index is 12.2. The first-order valence-electron chi connectivity index (χ1n) is 9.00. The SMILES string of the molecule is Cc1ccc(C(=O)N=C(N)c2ccc(N3CC(COS(C)(=O)=O)OC3=O)cc2)cc1. The Balaban J connectivity index is 1.67. The molecule has 0 radical (unpaired) electrons. The van der Waals surface area contributed by atoms with Gasteiger partial charge in [-0.1, -0.05) is 17.7 Å². The molecule has 1 fully saturated rings. The van der Waals surface area contributed by atoms with Crippen LogP contribution in [0.5, 0.6) is 0 Å². The summed E-state index contributed by atoms with van der Waals surface area (Å²) in [6.45, 7) is 1.81. The van der Waals surface area contributed by atoms with E-state index in [1.807, 2.05) is 19.1 Å². The largest absolute Gasteiger partial charge is 0.441 e. The Kier molecular flexibility index (Phi) is 6.18. The van der Waals surface area contributed by atoms with E-state index >= 15 is 0 Å². The van der Waals surface area contributed by atoms with Crippen LogP contribution in [-0.2, 0) is 19.0 Å². The number of anilines is 1. The van der Waals surface area contributed by atoms with Crippen molar-refractivity contribution in [1.82, 2.24) is 0 Å². The van der Waals surface area contributed by atoms with Gasteiger partial charge in [-0.05, 0) is 43.3 Å². The number of hydrogen-bond acceptors (Lipinski definition) is 6. The summed E-state index contributed by atoms with van der Waals surface area (Å²) in [6.07, 6.45) is -0.387. The van der Waals surface area contributed by atoms with Gasteiger partial charge in [-0.3, -0.25) is 13.9 Å². The van der Waals surface area contributed by atoms with Crippen molar-refractivity contribution < 1.29 is 26.9 Å². The van der Waals surface area contributed by atoms with Crippen molar-refractivity contribution in [1.29, 1.82) is 0 Å². The van der Waals surface area contributed by atoms with Gasteiger partial charge in [0.25, 0.3) is 16.0 Å². The molecule has 1 aliphatic rings. The molecule has 1 atom stereocenters. The van der Waals surface area contributed by atoms with Gasteiger partial charge < -0.3 is 10.5 Å². The molecule has 2 amide bonds.